The Labute approximate surface area is 171 Å². The largest absolute Gasteiger partial charge is 0.497 e. The number of hydrogen-bond donors (Lipinski definition) is 1. The lowest BCUT2D eigenvalue weighted by Crippen LogP contribution is -1.92. The van der Waals surface area contributed by atoms with Crippen LogP contribution in [0.15, 0.2) is 63.6 Å². The zero-order chi connectivity index (χ0) is 19.3. The molecule has 0 fully saturated rings. The van der Waals surface area contributed by atoms with Gasteiger partial charge in [0.2, 0.25) is 5.89 Å². The van der Waals surface area contributed by atoms with Crippen molar-refractivity contribution in [3.8, 4) is 17.2 Å². The Kier molecular flexibility index (Phi) is 5.59. The van der Waals surface area contributed by atoms with Crippen molar-refractivity contribution in [2.24, 2.45) is 0 Å². The normalized spacial score (nSPS) is 10.8. The Morgan fingerprint density at radius 3 is 2.71 bits per heavy atom. The standard InChI is InChI=1S/C20H18N4O2S2/c1-13-5-3-4-6-17(13)22-19-21-15(11-27-19)12-28-20-24-23-18(26-20)14-7-9-16(25-2)10-8-14/h3-11H,12H2,1-2H3,(H,21,22). The first-order valence-electron chi connectivity index (χ1n) is 8.59. The molecule has 0 atom stereocenters. The Morgan fingerprint density at radius 1 is 1.11 bits per heavy atom. The van der Waals surface area contributed by atoms with Gasteiger partial charge in [-0.25, -0.2) is 4.98 Å². The second-order valence-electron chi connectivity index (χ2n) is 5.97. The van der Waals surface area contributed by atoms with Gasteiger partial charge in [-0.05, 0) is 42.8 Å². The average Bonchev–Trinajstić information content (AvgIpc) is 3.38. The molecule has 2 aromatic heterocycles. The molecule has 28 heavy (non-hydrogen) atoms. The molecule has 0 aliphatic rings. The average molecular weight is 411 g/mol. The molecule has 0 unspecified atom stereocenters. The fraction of sp³-hybridized carbons (Fsp3) is 0.150. The van der Waals surface area contributed by atoms with E-state index in [-0.39, 0.29) is 0 Å². The van der Waals surface area contributed by atoms with Gasteiger partial charge in [0, 0.05) is 22.4 Å². The highest BCUT2D eigenvalue weighted by Gasteiger charge is 2.11. The third-order valence-electron chi connectivity index (χ3n) is 4.03. The summed E-state index contributed by atoms with van der Waals surface area (Å²) in [6, 6.07) is 15.7. The molecule has 2 aromatic carbocycles. The van der Waals surface area contributed by atoms with Crippen LogP contribution in [0.5, 0.6) is 5.75 Å². The van der Waals surface area contributed by atoms with Crippen molar-refractivity contribution in [3.63, 3.8) is 0 Å². The molecule has 2 heterocycles. The SMILES string of the molecule is COc1ccc(-c2nnc(SCc3csc(Nc4ccccc4C)n3)o2)cc1. The predicted octanol–water partition coefficient (Wildman–Crippen LogP) is 5.55. The first-order chi connectivity index (χ1) is 13.7. The van der Waals surface area contributed by atoms with Crippen molar-refractivity contribution in [2.75, 3.05) is 12.4 Å². The van der Waals surface area contributed by atoms with E-state index in [1.807, 2.05) is 47.8 Å². The van der Waals surface area contributed by atoms with E-state index >= 15 is 0 Å². The van der Waals surface area contributed by atoms with Crippen LogP contribution in [-0.4, -0.2) is 22.3 Å². The highest BCUT2D eigenvalue weighted by Crippen LogP contribution is 2.29. The Morgan fingerprint density at radius 2 is 1.93 bits per heavy atom. The lowest BCUT2D eigenvalue weighted by atomic mass is 10.2. The summed E-state index contributed by atoms with van der Waals surface area (Å²) >= 11 is 3.05. The molecule has 0 radical (unpaired) electrons. The van der Waals surface area contributed by atoms with Gasteiger partial charge in [0.15, 0.2) is 5.13 Å². The van der Waals surface area contributed by atoms with E-state index in [4.69, 9.17) is 9.15 Å². The Hall–Kier alpha value is -2.84. The van der Waals surface area contributed by atoms with Gasteiger partial charge in [0.05, 0.1) is 12.8 Å². The number of hydrogen-bond acceptors (Lipinski definition) is 8. The molecule has 0 spiro atoms. The van der Waals surface area contributed by atoms with Crippen molar-refractivity contribution in [1.29, 1.82) is 0 Å². The summed E-state index contributed by atoms with van der Waals surface area (Å²) in [6.07, 6.45) is 0. The minimum atomic E-state index is 0.491. The van der Waals surface area contributed by atoms with E-state index in [1.165, 1.54) is 17.3 Å². The first kappa shape index (κ1) is 18.5. The van der Waals surface area contributed by atoms with Crippen LogP contribution < -0.4 is 10.1 Å². The number of thioether (sulfide) groups is 1. The number of nitrogens with one attached hydrogen (secondary N) is 1. The second-order valence-corrected chi connectivity index (χ2v) is 7.76. The van der Waals surface area contributed by atoms with E-state index in [0.29, 0.717) is 16.9 Å². The van der Waals surface area contributed by atoms with Gasteiger partial charge in [0.25, 0.3) is 5.22 Å². The highest BCUT2D eigenvalue weighted by atomic mass is 32.2. The topological polar surface area (TPSA) is 73.1 Å². The van der Waals surface area contributed by atoms with E-state index in [2.05, 4.69) is 33.5 Å². The minimum Gasteiger partial charge on any atom is -0.497 e. The number of benzene rings is 2. The van der Waals surface area contributed by atoms with Crippen LogP contribution in [0.4, 0.5) is 10.8 Å². The fourth-order valence-corrected chi connectivity index (χ4v) is 4.00. The Bertz CT molecular complexity index is 1060. The highest BCUT2D eigenvalue weighted by molar-refractivity contribution is 7.98. The molecule has 1 N–H and O–H groups in total. The summed E-state index contributed by atoms with van der Waals surface area (Å²) in [5.74, 6) is 1.94. The maximum atomic E-state index is 5.74. The first-order valence-corrected chi connectivity index (χ1v) is 10.5. The zero-order valence-electron chi connectivity index (χ0n) is 15.4. The molecular weight excluding hydrogens is 392 g/mol. The minimum absolute atomic E-state index is 0.491. The van der Waals surface area contributed by atoms with Crippen LogP contribution >= 0.6 is 23.1 Å². The van der Waals surface area contributed by atoms with E-state index < -0.39 is 0 Å². The van der Waals surface area contributed by atoms with Crippen molar-refractivity contribution in [3.05, 3.63) is 65.2 Å². The molecule has 6 nitrogen and oxygen atoms in total. The van der Waals surface area contributed by atoms with Gasteiger partial charge in [-0.3, -0.25) is 0 Å². The predicted molar refractivity (Wildman–Crippen MR) is 112 cm³/mol. The number of ether oxygens (including phenoxy) is 1. The molecule has 0 bridgehead atoms. The maximum absolute atomic E-state index is 5.74. The van der Waals surface area contributed by atoms with E-state index in [0.717, 1.165) is 27.8 Å². The fourth-order valence-electron chi connectivity index (χ4n) is 2.51. The van der Waals surface area contributed by atoms with Gasteiger partial charge < -0.3 is 14.5 Å². The number of methoxy groups -OCH3 is 1. The molecule has 0 saturated carbocycles. The van der Waals surface area contributed by atoms with E-state index in [1.54, 1.807) is 18.4 Å². The Balaban J connectivity index is 1.37. The van der Waals surface area contributed by atoms with E-state index in [9.17, 15) is 0 Å². The summed E-state index contributed by atoms with van der Waals surface area (Å²) in [4.78, 5) is 4.63. The van der Waals surface area contributed by atoms with Crippen LogP contribution in [0.1, 0.15) is 11.3 Å². The number of aryl methyl sites for hydroxylation is 1. The smallest absolute Gasteiger partial charge is 0.277 e. The van der Waals surface area contributed by atoms with Crippen LogP contribution in [0.2, 0.25) is 0 Å². The summed E-state index contributed by atoms with van der Waals surface area (Å²) in [5.41, 5.74) is 4.08. The third-order valence-corrected chi connectivity index (χ3v) is 5.68. The molecular formula is C20H18N4O2S2. The second kappa shape index (κ2) is 8.45. The number of para-hydroxylation sites is 1. The molecule has 4 aromatic rings. The number of thiazole rings is 1. The lowest BCUT2D eigenvalue weighted by molar-refractivity contribution is 0.414. The molecule has 0 amide bonds. The monoisotopic (exact) mass is 410 g/mol. The summed E-state index contributed by atoms with van der Waals surface area (Å²) in [5, 5.41) is 15.0. The van der Waals surface area contributed by atoms with Gasteiger partial charge >= 0.3 is 0 Å². The molecule has 0 aliphatic heterocycles. The van der Waals surface area contributed by atoms with Gasteiger partial charge in [-0.1, -0.05) is 30.0 Å². The van der Waals surface area contributed by atoms with Crippen LogP contribution in [0, 0.1) is 6.92 Å². The molecule has 4 rings (SSSR count). The van der Waals surface area contributed by atoms with Gasteiger partial charge in [-0.15, -0.1) is 21.5 Å². The number of rotatable bonds is 7. The summed E-state index contributed by atoms with van der Waals surface area (Å²) in [7, 11) is 1.64. The zero-order valence-corrected chi connectivity index (χ0v) is 17.0. The maximum Gasteiger partial charge on any atom is 0.277 e. The summed E-state index contributed by atoms with van der Waals surface area (Å²) in [6.45, 7) is 2.07. The van der Waals surface area contributed by atoms with Gasteiger partial charge in [0.1, 0.15) is 5.75 Å². The van der Waals surface area contributed by atoms with Gasteiger partial charge in [-0.2, -0.15) is 0 Å². The van der Waals surface area contributed by atoms with Crippen molar-refractivity contribution < 1.29 is 9.15 Å². The number of anilines is 2. The summed E-state index contributed by atoms with van der Waals surface area (Å²) < 4.78 is 10.9. The third kappa shape index (κ3) is 4.35. The lowest BCUT2D eigenvalue weighted by Gasteiger charge is -2.05. The van der Waals surface area contributed by atoms with Crippen LogP contribution in [0.25, 0.3) is 11.5 Å². The van der Waals surface area contributed by atoms with Crippen molar-refractivity contribution in [2.45, 2.75) is 17.9 Å². The number of nitrogens with zero attached hydrogens (tertiary/aromatic N) is 3. The number of aromatic nitrogens is 3. The van der Waals surface area contributed by atoms with Crippen LogP contribution in [0.3, 0.4) is 0 Å². The molecule has 0 saturated heterocycles. The quantitative estimate of drug-likeness (QED) is 0.401. The molecule has 142 valence electrons. The van der Waals surface area contributed by atoms with Crippen LogP contribution in [-0.2, 0) is 5.75 Å². The van der Waals surface area contributed by atoms with Crippen molar-refractivity contribution in [1.82, 2.24) is 15.2 Å². The van der Waals surface area contributed by atoms with Crippen molar-refractivity contribution >= 4 is 33.9 Å². The molecule has 0 aliphatic carbocycles. The molecule has 8 heteroatoms.